The maximum absolute atomic E-state index is 11.0. The fraction of sp³-hybridized carbons (Fsp3) is 0.714. The van der Waals surface area contributed by atoms with Crippen molar-refractivity contribution in [2.24, 2.45) is 16.8 Å². The number of hydrazone groups is 1. The van der Waals surface area contributed by atoms with E-state index >= 15 is 0 Å². The van der Waals surface area contributed by atoms with Crippen LogP contribution in [-0.2, 0) is 4.79 Å². The zero-order valence-electron chi connectivity index (χ0n) is 6.63. The molecule has 1 unspecified atom stereocenters. The number of carbonyl (C=O) groups excluding carboxylic acids is 1. The molecule has 11 heavy (non-hydrogen) atoms. The van der Waals surface area contributed by atoms with Gasteiger partial charge in [0.2, 0.25) is 5.91 Å². The average Bonchev–Trinajstić information content (AvgIpc) is 2.29. The number of carbonyl (C=O) groups is 1. The maximum Gasteiger partial charge on any atom is 0.248 e. The molecule has 1 aliphatic rings. The number of hydrogen-bond donors (Lipinski definition) is 2. The summed E-state index contributed by atoms with van der Waals surface area (Å²) in [5.74, 6) is -0.0190. The van der Waals surface area contributed by atoms with Crippen LogP contribution >= 0.6 is 0 Å². The van der Waals surface area contributed by atoms with Gasteiger partial charge in [0, 0.05) is 5.71 Å². The van der Waals surface area contributed by atoms with Gasteiger partial charge >= 0.3 is 0 Å². The number of nitrogens with two attached hydrogens (primary N) is 1. The van der Waals surface area contributed by atoms with E-state index in [1.54, 1.807) is 0 Å². The Labute approximate surface area is 65.8 Å². The Balaban J connectivity index is 2.43. The van der Waals surface area contributed by atoms with Crippen molar-refractivity contribution in [3.05, 3.63) is 0 Å². The molecule has 1 rings (SSSR count). The van der Waals surface area contributed by atoms with E-state index in [4.69, 9.17) is 5.73 Å². The molecule has 0 bridgehead atoms. The first-order valence-electron chi connectivity index (χ1n) is 3.80. The van der Waals surface area contributed by atoms with Crippen molar-refractivity contribution in [3.63, 3.8) is 0 Å². The van der Waals surface area contributed by atoms with Crippen LogP contribution in [0.2, 0.25) is 0 Å². The SMILES string of the molecule is CC1=NNC(=O)C1CCCN. The highest BCUT2D eigenvalue weighted by Crippen LogP contribution is 2.12. The minimum atomic E-state index is -0.0291. The van der Waals surface area contributed by atoms with E-state index in [0.29, 0.717) is 6.54 Å². The van der Waals surface area contributed by atoms with Gasteiger partial charge in [0.05, 0.1) is 5.92 Å². The van der Waals surface area contributed by atoms with Crippen molar-refractivity contribution in [3.8, 4) is 0 Å². The molecule has 1 amide bonds. The van der Waals surface area contributed by atoms with Gasteiger partial charge in [-0.15, -0.1) is 0 Å². The Morgan fingerprint density at radius 3 is 2.91 bits per heavy atom. The van der Waals surface area contributed by atoms with E-state index in [1.807, 2.05) is 6.92 Å². The molecule has 4 nitrogen and oxygen atoms in total. The van der Waals surface area contributed by atoms with Crippen LogP contribution in [0.25, 0.3) is 0 Å². The number of amides is 1. The summed E-state index contributed by atoms with van der Waals surface area (Å²) in [7, 11) is 0. The van der Waals surface area contributed by atoms with Gasteiger partial charge < -0.3 is 5.73 Å². The maximum atomic E-state index is 11.0. The summed E-state index contributed by atoms with van der Waals surface area (Å²) < 4.78 is 0. The van der Waals surface area contributed by atoms with E-state index in [1.165, 1.54) is 0 Å². The van der Waals surface area contributed by atoms with Crippen LogP contribution in [0, 0.1) is 5.92 Å². The van der Waals surface area contributed by atoms with Crippen LogP contribution in [0.4, 0.5) is 0 Å². The lowest BCUT2D eigenvalue weighted by Gasteiger charge is -2.04. The normalized spacial score (nSPS) is 23.3. The van der Waals surface area contributed by atoms with E-state index in [-0.39, 0.29) is 11.8 Å². The summed E-state index contributed by atoms with van der Waals surface area (Å²) in [6.07, 6.45) is 1.70. The van der Waals surface area contributed by atoms with Gasteiger partial charge in [0.1, 0.15) is 0 Å². The predicted molar refractivity (Wildman–Crippen MR) is 43.0 cm³/mol. The number of nitrogens with zero attached hydrogens (tertiary/aromatic N) is 1. The van der Waals surface area contributed by atoms with E-state index in [2.05, 4.69) is 10.5 Å². The fourth-order valence-electron chi connectivity index (χ4n) is 1.15. The lowest BCUT2D eigenvalue weighted by molar-refractivity contribution is -0.122. The third-order valence-electron chi connectivity index (χ3n) is 1.86. The molecule has 1 aliphatic heterocycles. The van der Waals surface area contributed by atoms with Gasteiger partial charge in [-0.2, -0.15) is 5.10 Å². The minimum Gasteiger partial charge on any atom is -0.330 e. The first kappa shape index (κ1) is 8.20. The monoisotopic (exact) mass is 155 g/mol. The van der Waals surface area contributed by atoms with Crippen molar-refractivity contribution in [1.29, 1.82) is 0 Å². The van der Waals surface area contributed by atoms with Gasteiger partial charge in [0.25, 0.3) is 0 Å². The summed E-state index contributed by atoms with van der Waals surface area (Å²) in [6.45, 7) is 2.50. The molecule has 0 aliphatic carbocycles. The smallest absolute Gasteiger partial charge is 0.248 e. The average molecular weight is 155 g/mol. The molecule has 1 atom stereocenters. The number of nitrogens with one attached hydrogen (secondary N) is 1. The zero-order chi connectivity index (χ0) is 8.27. The molecule has 0 fully saturated rings. The van der Waals surface area contributed by atoms with Crippen LogP contribution in [0.3, 0.4) is 0 Å². The molecule has 62 valence electrons. The molecule has 4 heteroatoms. The van der Waals surface area contributed by atoms with Gasteiger partial charge in [-0.3, -0.25) is 4.79 Å². The van der Waals surface area contributed by atoms with E-state index in [0.717, 1.165) is 18.6 Å². The summed E-state index contributed by atoms with van der Waals surface area (Å²) >= 11 is 0. The van der Waals surface area contributed by atoms with Crippen molar-refractivity contribution in [2.45, 2.75) is 19.8 Å². The molecule has 0 aromatic rings. The van der Waals surface area contributed by atoms with Crippen molar-refractivity contribution >= 4 is 11.6 Å². The van der Waals surface area contributed by atoms with Crippen LogP contribution < -0.4 is 11.2 Å². The Bertz CT molecular complexity index is 188. The second kappa shape index (κ2) is 3.48. The Hall–Kier alpha value is -0.900. The minimum absolute atomic E-state index is 0.0101. The second-order valence-corrected chi connectivity index (χ2v) is 2.71. The molecule has 3 N–H and O–H groups in total. The molecule has 0 spiro atoms. The van der Waals surface area contributed by atoms with Gasteiger partial charge in [-0.05, 0) is 26.3 Å². The summed E-state index contributed by atoms with van der Waals surface area (Å²) in [5.41, 5.74) is 8.64. The predicted octanol–water partition coefficient (Wildman–Crippen LogP) is -0.153. The highest BCUT2D eigenvalue weighted by molar-refractivity contribution is 6.06. The third-order valence-corrected chi connectivity index (χ3v) is 1.86. The van der Waals surface area contributed by atoms with Crippen LogP contribution in [0.5, 0.6) is 0 Å². The van der Waals surface area contributed by atoms with Crippen molar-refractivity contribution < 1.29 is 4.79 Å². The highest BCUT2D eigenvalue weighted by atomic mass is 16.2. The van der Waals surface area contributed by atoms with Gasteiger partial charge in [-0.1, -0.05) is 0 Å². The third kappa shape index (κ3) is 1.77. The lowest BCUT2D eigenvalue weighted by atomic mass is 9.99. The standard InChI is InChI=1S/C7H13N3O/c1-5-6(3-2-4-8)7(11)10-9-5/h6H,2-4,8H2,1H3,(H,10,11). The topological polar surface area (TPSA) is 67.5 Å². The van der Waals surface area contributed by atoms with E-state index < -0.39 is 0 Å². The van der Waals surface area contributed by atoms with Crippen LogP contribution in [0.15, 0.2) is 5.10 Å². The Morgan fingerprint density at radius 2 is 2.45 bits per heavy atom. The highest BCUT2D eigenvalue weighted by Gasteiger charge is 2.25. The van der Waals surface area contributed by atoms with Gasteiger partial charge in [-0.25, -0.2) is 5.43 Å². The zero-order valence-corrected chi connectivity index (χ0v) is 6.63. The van der Waals surface area contributed by atoms with E-state index in [9.17, 15) is 4.79 Å². The fourth-order valence-corrected chi connectivity index (χ4v) is 1.15. The molecule has 0 saturated carbocycles. The molecule has 0 radical (unpaired) electrons. The molecular weight excluding hydrogens is 142 g/mol. The number of rotatable bonds is 3. The molecule has 0 saturated heterocycles. The largest absolute Gasteiger partial charge is 0.330 e. The Morgan fingerprint density at radius 1 is 1.73 bits per heavy atom. The van der Waals surface area contributed by atoms with Crippen molar-refractivity contribution in [1.82, 2.24) is 5.43 Å². The summed E-state index contributed by atoms with van der Waals surface area (Å²) in [6, 6.07) is 0. The molecule has 0 aromatic carbocycles. The molecule has 0 aromatic heterocycles. The molecule has 1 heterocycles. The lowest BCUT2D eigenvalue weighted by Crippen LogP contribution is -2.22. The second-order valence-electron chi connectivity index (χ2n) is 2.71. The quantitative estimate of drug-likeness (QED) is 0.595. The number of hydrogen-bond acceptors (Lipinski definition) is 3. The first-order valence-corrected chi connectivity index (χ1v) is 3.80. The Kier molecular flexibility index (Phi) is 2.59. The summed E-state index contributed by atoms with van der Waals surface area (Å²) in [5, 5.41) is 3.83. The van der Waals surface area contributed by atoms with Crippen LogP contribution in [0.1, 0.15) is 19.8 Å². The van der Waals surface area contributed by atoms with Crippen LogP contribution in [-0.4, -0.2) is 18.2 Å². The molecular formula is C7H13N3O. The van der Waals surface area contributed by atoms with Crippen molar-refractivity contribution in [2.75, 3.05) is 6.54 Å². The summed E-state index contributed by atoms with van der Waals surface area (Å²) in [4.78, 5) is 11.0. The van der Waals surface area contributed by atoms with Gasteiger partial charge in [0.15, 0.2) is 0 Å². The first-order chi connectivity index (χ1) is 5.25.